The summed E-state index contributed by atoms with van der Waals surface area (Å²) < 4.78 is 0. The van der Waals surface area contributed by atoms with E-state index in [1.165, 1.54) is 0 Å². The molecule has 1 rings (SSSR count). The van der Waals surface area contributed by atoms with E-state index in [4.69, 9.17) is 0 Å². The number of amides is 2. The maximum Gasteiger partial charge on any atom is 0.248 e. The van der Waals surface area contributed by atoms with Crippen molar-refractivity contribution >= 4 is 11.8 Å². The molecule has 2 atom stereocenters. The zero-order chi connectivity index (χ0) is 15.0. The summed E-state index contributed by atoms with van der Waals surface area (Å²) in [6.07, 6.45) is 1.92. The van der Waals surface area contributed by atoms with Gasteiger partial charge in [-0.3, -0.25) is 9.59 Å². The van der Waals surface area contributed by atoms with Crippen molar-refractivity contribution in [2.24, 2.45) is 5.41 Å². The lowest BCUT2D eigenvalue weighted by Gasteiger charge is -2.50. The van der Waals surface area contributed by atoms with Crippen molar-refractivity contribution in [1.29, 1.82) is 0 Å². The lowest BCUT2D eigenvalue weighted by atomic mass is 9.80. The van der Waals surface area contributed by atoms with E-state index in [0.29, 0.717) is 0 Å². The SMILES string of the molecule is CCCC(C)N1C(=O)C(C)(C)NC(=O)C1C(C)(C)C. The normalized spacial score (nSPS) is 25.2. The molecule has 1 saturated heterocycles. The second-order valence-electron chi connectivity index (χ2n) is 7.23. The highest BCUT2D eigenvalue weighted by atomic mass is 16.2. The molecule has 1 fully saturated rings. The molecule has 2 unspecified atom stereocenters. The molecule has 0 aliphatic carbocycles. The molecule has 1 heterocycles. The fourth-order valence-corrected chi connectivity index (χ4v) is 2.82. The topological polar surface area (TPSA) is 49.4 Å². The van der Waals surface area contributed by atoms with E-state index in [-0.39, 0.29) is 23.3 Å². The molecular formula is C15H28N2O2. The molecule has 1 N–H and O–H groups in total. The molecule has 110 valence electrons. The summed E-state index contributed by atoms with van der Waals surface area (Å²) in [5.41, 5.74) is -1.07. The summed E-state index contributed by atoms with van der Waals surface area (Å²) in [5, 5.41) is 2.86. The van der Waals surface area contributed by atoms with E-state index in [0.717, 1.165) is 12.8 Å². The average molecular weight is 268 g/mol. The first-order chi connectivity index (χ1) is 8.52. The summed E-state index contributed by atoms with van der Waals surface area (Å²) in [5.74, 6) is -0.0203. The molecule has 0 spiro atoms. The van der Waals surface area contributed by atoms with Gasteiger partial charge in [-0.15, -0.1) is 0 Å². The number of carbonyl (C=O) groups is 2. The number of piperazine rings is 1. The predicted molar refractivity (Wildman–Crippen MR) is 76.7 cm³/mol. The number of hydrogen-bond donors (Lipinski definition) is 1. The Bertz CT molecular complexity index is 369. The molecule has 1 aliphatic rings. The first kappa shape index (κ1) is 16.0. The number of hydrogen-bond acceptors (Lipinski definition) is 2. The van der Waals surface area contributed by atoms with Gasteiger partial charge in [-0.2, -0.15) is 0 Å². The standard InChI is InChI=1S/C15H28N2O2/c1-8-9-10(2)17-11(14(3,4)5)12(18)16-15(6,7)13(17)19/h10-11H,8-9H2,1-7H3,(H,16,18). The molecule has 0 aromatic heterocycles. The maximum atomic E-state index is 12.7. The van der Waals surface area contributed by atoms with Crippen LogP contribution in [0.15, 0.2) is 0 Å². The van der Waals surface area contributed by atoms with Crippen LogP contribution in [0, 0.1) is 5.41 Å². The number of carbonyl (C=O) groups excluding carboxylic acids is 2. The van der Waals surface area contributed by atoms with Gasteiger partial charge in [-0.25, -0.2) is 0 Å². The third-order valence-electron chi connectivity index (χ3n) is 3.73. The Labute approximate surface area is 116 Å². The second-order valence-corrected chi connectivity index (χ2v) is 7.23. The Hall–Kier alpha value is -1.06. The molecule has 0 radical (unpaired) electrons. The molecule has 2 amide bonds. The third-order valence-corrected chi connectivity index (χ3v) is 3.73. The van der Waals surface area contributed by atoms with Crippen LogP contribution in [0.4, 0.5) is 0 Å². The number of rotatable bonds is 3. The van der Waals surface area contributed by atoms with Crippen LogP contribution in [-0.4, -0.2) is 34.3 Å². The lowest BCUT2D eigenvalue weighted by Crippen LogP contribution is -2.72. The molecular weight excluding hydrogens is 240 g/mol. The van der Waals surface area contributed by atoms with Crippen LogP contribution < -0.4 is 5.32 Å². The van der Waals surface area contributed by atoms with Gasteiger partial charge in [0.25, 0.3) is 0 Å². The monoisotopic (exact) mass is 268 g/mol. The van der Waals surface area contributed by atoms with Crippen molar-refractivity contribution in [3.05, 3.63) is 0 Å². The van der Waals surface area contributed by atoms with Gasteiger partial charge in [-0.1, -0.05) is 34.1 Å². The molecule has 1 aliphatic heterocycles. The molecule has 0 saturated carbocycles. The van der Waals surface area contributed by atoms with E-state index in [1.54, 1.807) is 13.8 Å². The Morgan fingerprint density at radius 1 is 1.32 bits per heavy atom. The summed E-state index contributed by atoms with van der Waals surface area (Å²) >= 11 is 0. The summed E-state index contributed by atoms with van der Waals surface area (Å²) in [7, 11) is 0. The van der Waals surface area contributed by atoms with E-state index in [1.807, 2.05) is 32.6 Å². The fraction of sp³-hybridized carbons (Fsp3) is 0.867. The van der Waals surface area contributed by atoms with E-state index in [9.17, 15) is 9.59 Å². The van der Waals surface area contributed by atoms with E-state index in [2.05, 4.69) is 12.2 Å². The molecule has 19 heavy (non-hydrogen) atoms. The number of nitrogens with one attached hydrogen (secondary N) is 1. The van der Waals surface area contributed by atoms with Crippen LogP contribution in [0.5, 0.6) is 0 Å². The van der Waals surface area contributed by atoms with Crippen molar-refractivity contribution in [3.63, 3.8) is 0 Å². The fourth-order valence-electron chi connectivity index (χ4n) is 2.82. The third kappa shape index (κ3) is 3.10. The van der Waals surface area contributed by atoms with E-state index < -0.39 is 11.6 Å². The second kappa shape index (κ2) is 5.14. The van der Waals surface area contributed by atoms with Gasteiger partial charge in [0.15, 0.2) is 0 Å². The van der Waals surface area contributed by atoms with Gasteiger partial charge in [0.1, 0.15) is 11.6 Å². The smallest absolute Gasteiger partial charge is 0.248 e. The largest absolute Gasteiger partial charge is 0.340 e. The van der Waals surface area contributed by atoms with Gasteiger partial charge in [0.2, 0.25) is 11.8 Å². The lowest BCUT2D eigenvalue weighted by molar-refractivity contribution is -0.161. The zero-order valence-corrected chi connectivity index (χ0v) is 13.3. The zero-order valence-electron chi connectivity index (χ0n) is 13.3. The van der Waals surface area contributed by atoms with E-state index >= 15 is 0 Å². The summed E-state index contributed by atoms with van der Waals surface area (Å²) in [6.45, 7) is 13.7. The highest BCUT2D eigenvalue weighted by Crippen LogP contribution is 2.32. The molecule has 0 aromatic rings. The predicted octanol–water partition coefficient (Wildman–Crippen LogP) is 2.33. The van der Waals surface area contributed by atoms with Crippen LogP contribution in [0.25, 0.3) is 0 Å². The van der Waals surface area contributed by atoms with Crippen molar-refractivity contribution < 1.29 is 9.59 Å². The molecule has 0 bridgehead atoms. The van der Waals surface area contributed by atoms with Gasteiger partial charge in [0.05, 0.1) is 0 Å². The van der Waals surface area contributed by atoms with Gasteiger partial charge >= 0.3 is 0 Å². The van der Waals surface area contributed by atoms with Crippen molar-refractivity contribution in [2.75, 3.05) is 0 Å². The average Bonchev–Trinajstić information content (AvgIpc) is 2.20. The van der Waals surface area contributed by atoms with Crippen molar-refractivity contribution in [2.45, 2.75) is 78.9 Å². The highest BCUT2D eigenvalue weighted by Gasteiger charge is 2.50. The Morgan fingerprint density at radius 3 is 2.26 bits per heavy atom. The Kier molecular flexibility index (Phi) is 4.33. The van der Waals surface area contributed by atoms with Crippen LogP contribution in [0.3, 0.4) is 0 Å². The minimum atomic E-state index is -0.805. The van der Waals surface area contributed by atoms with Crippen LogP contribution in [0.2, 0.25) is 0 Å². The van der Waals surface area contributed by atoms with Gasteiger partial charge in [0, 0.05) is 6.04 Å². The maximum absolute atomic E-state index is 12.7. The first-order valence-electron chi connectivity index (χ1n) is 7.17. The van der Waals surface area contributed by atoms with Crippen molar-refractivity contribution in [3.8, 4) is 0 Å². The minimum Gasteiger partial charge on any atom is -0.340 e. The van der Waals surface area contributed by atoms with Gasteiger partial charge in [-0.05, 0) is 32.6 Å². The van der Waals surface area contributed by atoms with Crippen LogP contribution >= 0.6 is 0 Å². The number of nitrogens with zero attached hydrogens (tertiary/aromatic N) is 1. The van der Waals surface area contributed by atoms with Crippen LogP contribution in [0.1, 0.15) is 61.3 Å². The Morgan fingerprint density at radius 2 is 1.84 bits per heavy atom. The summed E-state index contributed by atoms with van der Waals surface area (Å²) in [6, 6.07) is -0.304. The quantitative estimate of drug-likeness (QED) is 0.854. The Balaban J connectivity index is 3.20. The van der Waals surface area contributed by atoms with Crippen LogP contribution in [-0.2, 0) is 9.59 Å². The molecule has 0 aromatic carbocycles. The summed E-state index contributed by atoms with van der Waals surface area (Å²) in [4.78, 5) is 26.9. The minimum absolute atomic E-state index is 0.0213. The molecule has 4 heteroatoms. The first-order valence-corrected chi connectivity index (χ1v) is 7.17. The molecule has 4 nitrogen and oxygen atoms in total. The van der Waals surface area contributed by atoms with Crippen molar-refractivity contribution in [1.82, 2.24) is 10.2 Å². The highest BCUT2D eigenvalue weighted by molar-refractivity contribution is 5.99. The van der Waals surface area contributed by atoms with Gasteiger partial charge < -0.3 is 10.2 Å².